The van der Waals surface area contributed by atoms with E-state index in [0.717, 1.165) is 15.9 Å². The maximum absolute atomic E-state index is 13.4. The average Bonchev–Trinajstić information content (AvgIpc) is 2.33. The van der Waals surface area contributed by atoms with Gasteiger partial charge >= 0.3 is 0 Å². The van der Waals surface area contributed by atoms with Gasteiger partial charge in [0, 0.05) is 18.3 Å². The summed E-state index contributed by atoms with van der Waals surface area (Å²) in [5.41, 5.74) is 1.72. The lowest BCUT2D eigenvalue weighted by Gasteiger charge is -2.09. The predicted octanol–water partition coefficient (Wildman–Crippen LogP) is 3.90. The molecule has 0 radical (unpaired) electrons. The molecule has 17 heavy (non-hydrogen) atoms. The Morgan fingerprint density at radius 2 is 2.06 bits per heavy atom. The molecule has 0 atom stereocenters. The molecular weight excluding hydrogens is 283 g/mol. The third-order valence-electron chi connectivity index (χ3n) is 2.49. The van der Waals surface area contributed by atoms with Gasteiger partial charge in [0.1, 0.15) is 11.6 Å². The van der Waals surface area contributed by atoms with Gasteiger partial charge in [-0.2, -0.15) is 0 Å². The van der Waals surface area contributed by atoms with E-state index in [-0.39, 0.29) is 5.82 Å². The lowest BCUT2D eigenvalue weighted by Crippen LogP contribution is -2.04. The summed E-state index contributed by atoms with van der Waals surface area (Å²) in [6, 6.07) is 8.62. The quantitative estimate of drug-likeness (QED) is 0.928. The number of nitrogens with one attached hydrogen (secondary N) is 1. The highest BCUT2D eigenvalue weighted by molar-refractivity contribution is 9.10. The van der Waals surface area contributed by atoms with E-state index in [2.05, 4.69) is 26.2 Å². The van der Waals surface area contributed by atoms with Gasteiger partial charge in [0.05, 0.1) is 4.47 Å². The molecule has 0 saturated carbocycles. The van der Waals surface area contributed by atoms with Gasteiger partial charge in [-0.1, -0.05) is 18.2 Å². The van der Waals surface area contributed by atoms with Gasteiger partial charge < -0.3 is 5.32 Å². The van der Waals surface area contributed by atoms with E-state index in [1.807, 2.05) is 19.1 Å². The minimum absolute atomic E-state index is 0.205. The molecular formula is C13H12BrFN2. The summed E-state index contributed by atoms with van der Waals surface area (Å²) in [5.74, 6) is 0.525. The second kappa shape index (κ2) is 5.27. The Labute approximate surface area is 108 Å². The summed E-state index contributed by atoms with van der Waals surface area (Å²) in [6.45, 7) is 2.40. The van der Waals surface area contributed by atoms with Gasteiger partial charge in [-0.15, -0.1) is 0 Å². The maximum atomic E-state index is 13.4. The van der Waals surface area contributed by atoms with E-state index in [9.17, 15) is 4.39 Å². The number of benzene rings is 1. The van der Waals surface area contributed by atoms with Crippen LogP contribution >= 0.6 is 15.9 Å². The summed E-state index contributed by atoms with van der Waals surface area (Å²) >= 11 is 3.45. The molecule has 0 saturated heterocycles. The van der Waals surface area contributed by atoms with Crippen LogP contribution in [0.5, 0.6) is 0 Å². The number of hydrogen-bond acceptors (Lipinski definition) is 2. The highest BCUT2D eigenvalue weighted by atomic mass is 79.9. The van der Waals surface area contributed by atoms with Crippen molar-refractivity contribution >= 4 is 21.7 Å². The second-order valence-corrected chi connectivity index (χ2v) is 4.53. The largest absolute Gasteiger partial charge is 0.365 e. The van der Waals surface area contributed by atoms with Crippen molar-refractivity contribution in [1.29, 1.82) is 0 Å². The molecule has 1 aromatic carbocycles. The van der Waals surface area contributed by atoms with Crippen LogP contribution in [0.1, 0.15) is 11.1 Å². The fourth-order valence-corrected chi connectivity index (χ4v) is 1.86. The molecule has 0 aliphatic heterocycles. The number of anilines is 1. The zero-order valence-electron chi connectivity index (χ0n) is 9.37. The summed E-state index contributed by atoms with van der Waals surface area (Å²) in [6.07, 6.45) is 1.73. The van der Waals surface area contributed by atoms with Gasteiger partial charge in [-0.25, -0.2) is 9.37 Å². The fraction of sp³-hybridized carbons (Fsp3) is 0.154. The van der Waals surface area contributed by atoms with Gasteiger partial charge in [-0.05, 0) is 40.5 Å². The van der Waals surface area contributed by atoms with Crippen molar-refractivity contribution in [1.82, 2.24) is 4.98 Å². The van der Waals surface area contributed by atoms with Crippen molar-refractivity contribution < 1.29 is 4.39 Å². The molecule has 0 bridgehead atoms. The Bertz CT molecular complexity index is 529. The van der Waals surface area contributed by atoms with E-state index in [0.29, 0.717) is 12.1 Å². The highest BCUT2D eigenvalue weighted by Crippen LogP contribution is 2.23. The van der Waals surface area contributed by atoms with E-state index in [1.165, 1.54) is 6.07 Å². The molecule has 0 fully saturated rings. The average molecular weight is 295 g/mol. The molecule has 2 rings (SSSR count). The molecule has 1 heterocycles. The van der Waals surface area contributed by atoms with Crippen LogP contribution in [0.3, 0.4) is 0 Å². The lowest BCUT2D eigenvalue weighted by molar-refractivity contribution is 0.613. The van der Waals surface area contributed by atoms with E-state index < -0.39 is 0 Å². The first kappa shape index (κ1) is 12.0. The molecule has 2 aromatic rings. The number of halogens is 2. The Morgan fingerprint density at radius 1 is 1.29 bits per heavy atom. The molecule has 0 aliphatic carbocycles. The molecule has 0 spiro atoms. The maximum Gasteiger partial charge on any atom is 0.140 e. The number of pyridine rings is 1. The van der Waals surface area contributed by atoms with Crippen LogP contribution in [-0.4, -0.2) is 4.98 Å². The monoisotopic (exact) mass is 294 g/mol. The standard InChI is InChI=1S/C13H12BrFN2/c1-9-6-7-16-13(12(9)14)17-8-10-4-2-3-5-11(10)15/h2-7H,8H2,1H3,(H,16,17). The van der Waals surface area contributed by atoms with E-state index >= 15 is 0 Å². The van der Waals surface area contributed by atoms with Crippen LogP contribution in [0.15, 0.2) is 41.0 Å². The summed E-state index contributed by atoms with van der Waals surface area (Å²) < 4.78 is 14.3. The normalized spacial score (nSPS) is 10.3. The minimum atomic E-state index is -0.205. The Balaban J connectivity index is 2.13. The molecule has 1 N–H and O–H groups in total. The van der Waals surface area contributed by atoms with Crippen molar-refractivity contribution in [3.63, 3.8) is 0 Å². The van der Waals surface area contributed by atoms with Crippen molar-refractivity contribution in [2.75, 3.05) is 5.32 Å². The van der Waals surface area contributed by atoms with E-state index in [1.54, 1.807) is 18.3 Å². The van der Waals surface area contributed by atoms with Crippen molar-refractivity contribution in [2.45, 2.75) is 13.5 Å². The Hall–Kier alpha value is -1.42. The lowest BCUT2D eigenvalue weighted by atomic mass is 10.2. The molecule has 2 nitrogen and oxygen atoms in total. The van der Waals surface area contributed by atoms with Crippen LogP contribution in [-0.2, 0) is 6.54 Å². The summed E-state index contributed by atoms with van der Waals surface area (Å²) in [5, 5.41) is 3.11. The van der Waals surface area contributed by atoms with E-state index in [4.69, 9.17) is 0 Å². The van der Waals surface area contributed by atoms with Crippen LogP contribution in [0, 0.1) is 12.7 Å². The Morgan fingerprint density at radius 3 is 2.82 bits per heavy atom. The minimum Gasteiger partial charge on any atom is -0.365 e. The first-order valence-corrected chi connectivity index (χ1v) is 6.06. The Kier molecular flexibility index (Phi) is 3.74. The van der Waals surface area contributed by atoms with Crippen molar-refractivity contribution in [3.05, 3.63) is 57.9 Å². The highest BCUT2D eigenvalue weighted by Gasteiger charge is 2.05. The topological polar surface area (TPSA) is 24.9 Å². The first-order valence-electron chi connectivity index (χ1n) is 5.27. The van der Waals surface area contributed by atoms with Crippen LogP contribution in [0.2, 0.25) is 0 Å². The van der Waals surface area contributed by atoms with Gasteiger partial charge in [0.15, 0.2) is 0 Å². The number of rotatable bonds is 3. The molecule has 0 aliphatic rings. The van der Waals surface area contributed by atoms with Crippen LogP contribution in [0.25, 0.3) is 0 Å². The van der Waals surface area contributed by atoms with Gasteiger partial charge in [0.25, 0.3) is 0 Å². The first-order chi connectivity index (χ1) is 8.18. The molecule has 1 aromatic heterocycles. The summed E-state index contributed by atoms with van der Waals surface area (Å²) in [7, 11) is 0. The molecule has 0 amide bonds. The molecule has 88 valence electrons. The zero-order valence-corrected chi connectivity index (χ0v) is 11.0. The summed E-state index contributed by atoms with van der Waals surface area (Å²) in [4.78, 5) is 4.20. The zero-order chi connectivity index (χ0) is 12.3. The smallest absolute Gasteiger partial charge is 0.140 e. The van der Waals surface area contributed by atoms with Crippen LogP contribution in [0.4, 0.5) is 10.2 Å². The van der Waals surface area contributed by atoms with Crippen molar-refractivity contribution in [3.8, 4) is 0 Å². The van der Waals surface area contributed by atoms with Gasteiger partial charge in [-0.3, -0.25) is 0 Å². The fourth-order valence-electron chi connectivity index (χ4n) is 1.48. The number of aryl methyl sites for hydroxylation is 1. The number of aromatic nitrogens is 1. The second-order valence-electron chi connectivity index (χ2n) is 3.74. The van der Waals surface area contributed by atoms with Gasteiger partial charge in [0.2, 0.25) is 0 Å². The third kappa shape index (κ3) is 2.82. The van der Waals surface area contributed by atoms with Crippen molar-refractivity contribution in [2.24, 2.45) is 0 Å². The third-order valence-corrected chi connectivity index (χ3v) is 3.49. The number of nitrogens with zero attached hydrogens (tertiary/aromatic N) is 1. The number of hydrogen-bond donors (Lipinski definition) is 1. The predicted molar refractivity (Wildman–Crippen MR) is 70.4 cm³/mol. The SMILES string of the molecule is Cc1ccnc(NCc2ccccc2F)c1Br. The molecule has 4 heteroatoms. The van der Waals surface area contributed by atoms with Crippen LogP contribution < -0.4 is 5.32 Å². The molecule has 0 unspecified atom stereocenters.